The number of aromatic nitrogens is 4. The highest BCUT2D eigenvalue weighted by Crippen LogP contribution is 2.33. The predicted octanol–water partition coefficient (Wildman–Crippen LogP) is 7.13. The lowest BCUT2D eigenvalue weighted by molar-refractivity contribution is -0.138. The first kappa shape index (κ1) is 27.4. The van der Waals surface area contributed by atoms with Crippen LogP contribution in [0.3, 0.4) is 0 Å². The van der Waals surface area contributed by atoms with E-state index in [1.54, 1.807) is 6.07 Å². The number of nitriles is 1. The van der Waals surface area contributed by atoms with Gasteiger partial charge in [-0.1, -0.05) is 11.6 Å². The molecule has 0 aliphatic rings. The first-order valence-electron chi connectivity index (χ1n) is 9.73. The molecule has 2 aromatic carbocycles. The van der Waals surface area contributed by atoms with Crippen LogP contribution in [0.2, 0.25) is 5.15 Å². The Balaban J connectivity index is 0.000000206. The summed E-state index contributed by atoms with van der Waals surface area (Å²) < 4.78 is 101. The van der Waals surface area contributed by atoms with Crippen molar-refractivity contribution in [2.24, 2.45) is 0 Å². The molecule has 0 aliphatic carbocycles. The van der Waals surface area contributed by atoms with Crippen LogP contribution in [-0.2, 0) is 12.4 Å². The average molecular weight is 544 g/mol. The zero-order valence-electron chi connectivity index (χ0n) is 17.9. The Kier molecular flexibility index (Phi) is 8.03. The number of hydrogen-bond acceptors (Lipinski definition) is 5. The molecule has 0 N–H and O–H groups in total. The van der Waals surface area contributed by atoms with Gasteiger partial charge in [-0.3, -0.25) is 0 Å². The third-order valence-corrected chi connectivity index (χ3v) is 4.77. The first-order valence-corrected chi connectivity index (χ1v) is 10.1. The van der Waals surface area contributed by atoms with E-state index in [0.29, 0.717) is 12.1 Å². The van der Waals surface area contributed by atoms with E-state index in [0.717, 1.165) is 36.9 Å². The zero-order valence-corrected chi connectivity index (χ0v) is 18.7. The summed E-state index contributed by atoms with van der Waals surface area (Å²) in [4.78, 5) is 14.7. The van der Waals surface area contributed by atoms with E-state index in [1.807, 2.05) is 0 Å². The van der Waals surface area contributed by atoms with Crippen LogP contribution in [0.25, 0.3) is 22.5 Å². The quantitative estimate of drug-likeness (QED) is 0.199. The van der Waals surface area contributed by atoms with E-state index in [4.69, 9.17) is 16.9 Å². The maximum Gasteiger partial charge on any atom is 0.416 e. The van der Waals surface area contributed by atoms with Crippen molar-refractivity contribution in [3.05, 3.63) is 94.8 Å². The van der Waals surface area contributed by atoms with E-state index >= 15 is 0 Å². The smallest absolute Gasteiger partial charge is 0.236 e. The molecule has 2 heterocycles. The Morgan fingerprint density at radius 1 is 0.649 bits per heavy atom. The van der Waals surface area contributed by atoms with Crippen molar-refractivity contribution in [2.45, 2.75) is 12.4 Å². The van der Waals surface area contributed by atoms with Gasteiger partial charge in [-0.05, 0) is 36.4 Å². The fourth-order valence-corrected chi connectivity index (χ4v) is 2.99. The summed E-state index contributed by atoms with van der Waals surface area (Å²) in [5, 5.41) is 8.73. The molecule has 14 heteroatoms. The van der Waals surface area contributed by atoms with Crippen molar-refractivity contribution in [2.75, 3.05) is 0 Å². The summed E-state index contributed by atoms with van der Waals surface area (Å²) in [7, 11) is 0. The summed E-state index contributed by atoms with van der Waals surface area (Å²) in [5.41, 5.74) is -2.13. The van der Waals surface area contributed by atoms with Crippen LogP contribution in [0.4, 0.5) is 35.1 Å². The monoisotopic (exact) mass is 543 g/mol. The number of hydrogen-bond donors (Lipinski definition) is 0. The largest absolute Gasteiger partial charge is 0.416 e. The van der Waals surface area contributed by atoms with Crippen molar-refractivity contribution >= 4 is 11.6 Å². The Morgan fingerprint density at radius 3 is 1.51 bits per heavy atom. The van der Waals surface area contributed by atoms with Crippen molar-refractivity contribution < 1.29 is 35.1 Å². The molecule has 0 spiro atoms. The summed E-state index contributed by atoms with van der Waals surface area (Å²) in [6.07, 6.45) is -7.04. The summed E-state index contributed by atoms with van der Waals surface area (Å²) in [6.45, 7) is 0. The Morgan fingerprint density at radius 2 is 1.11 bits per heavy atom. The fourth-order valence-electron chi connectivity index (χ4n) is 2.84. The molecule has 37 heavy (non-hydrogen) atoms. The molecule has 0 saturated carbocycles. The molecule has 0 atom stereocenters. The number of benzene rings is 2. The molecule has 0 unspecified atom stereocenters. The van der Waals surface area contributed by atoms with Gasteiger partial charge in [0.15, 0.2) is 0 Å². The fraction of sp³-hybridized carbons (Fsp3) is 0.0870. The highest BCUT2D eigenvalue weighted by Gasteiger charge is 2.32. The van der Waals surface area contributed by atoms with Crippen LogP contribution in [0, 0.1) is 23.0 Å². The van der Waals surface area contributed by atoms with Crippen LogP contribution in [0.15, 0.2) is 61.2 Å². The van der Waals surface area contributed by atoms with Gasteiger partial charge in [0.05, 0.1) is 22.5 Å². The molecule has 5 nitrogen and oxygen atoms in total. The second-order valence-corrected chi connectivity index (χ2v) is 7.40. The normalized spacial score (nSPS) is 11.4. The van der Waals surface area contributed by atoms with Gasteiger partial charge in [-0.2, -0.15) is 31.6 Å². The molecule has 0 amide bonds. The maximum atomic E-state index is 13.7. The zero-order chi connectivity index (χ0) is 27.4. The van der Waals surface area contributed by atoms with E-state index < -0.39 is 35.1 Å². The lowest BCUT2D eigenvalue weighted by atomic mass is 10.1. The lowest BCUT2D eigenvalue weighted by Crippen LogP contribution is -2.05. The van der Waals surface area contributed by atoms with Crippen molar-refractivity contribution in [1.29, 1.82) is 5.26 Å². The summed E-state index contributed by atoms with van der Waals surface area (Å²) in [5.74, 6) is -2.07. The van der Waals surface area contributed by atoms with Crippen LogP contribution in [0.1, 0.15) is 16.8 Å². The van der Waals surface area contributed by atoms with Gasteiger partial charge >= 0.3 is 12.4 Å². The molecule has 4 aromatic rings. The van der Waals surface area contributed by atoms with Crippen molar-refractivity contribution in [1.82, 2.24) is 19.9 Å². The van der Waals surface area contributed by atoms with E-state index in [2.05, 4.69) is 19.9 Å². The van der Waals surface area contributed by atoms with Gasteiger partial charge < -0.3 is 0 Å². The van der Waals surface area contributed by atoms with E-state index in [-0.39, 0.29) is 33.4 Å². The molecule has 0 radical (unpaired) electrons. The third-order valence-electron chi connectivity index (χ3n) is 4.56. The van der Waals surface area contributed by atoms with Crippen molar-refractivity contribution in [3.63, 3.8) is 0 Å². The molecular formula is C23H10ClF8N5. The van der Waals surface area contributed by atoms with Gasteiger partial charge in [0.25, 0.3) is 0 Å². The number of nitrogens with zero attached hydrogens (tertiary/aromatic N) is 5. The second kappa shape index (κ2) is 10.8. The average Bonchev–Trinajstić information content (AvgIpc) is 2.83. The maximum absolute atomic E-state index is 13.7. The van der Waals surface area contributed by atoms with Crippen LogP contribution < -0.4 is 0 Å². The summed E-state index contributed by atoms with van der Waals surface area (Å²) in [6, 6.07) is 8.55. The molecular weight excluding hydrogens is 534 g/mol. The molecule has 0 aliphatic heterocycles. The first-order chi connectivity index (χ1) is 17.3. The standard InChI is InChI=1S/C12H5F4N3.C11H5ClF4N2/c13-10-3-7(12(14,15)16)1-2-9(10)11-4-8(5-17)18-6-19-11;12-10-4-9(17-5-18-10)7-2-1-6(3-8(7)13)11(14,15)16/h1-4,6H;1-5H. The van der Waals surface area contributed by atoms with Gasteiger partial charge in [0.1, 0.15) is 41.2 Å². The van der Waals surface area contributed by atoms with E-state index in [1.165, 1.54) is 12.1 Å². The van der Waals surface area contributed by atoms with Gasteiger partial charge in [-0.15, -0.1) is 0 Å². The second-order valence-electron chi connectivity index (χ2n) is 7.01. The number of alkyl halides is 6. The van der Waals surface area contributed by atoms with Crippen LogP contribution in [-0.4, -0.2) is 19.9 Å². The van der Waals surface area contributed by atoms with Gasteiger partial charge in [0.2, 0.25) is 0 Å². The number of rotatable bonds is 2. The minimum absolute atomic E-state index is 0.00398. The van der Waals surface area contributed by atoms with Crippen LogP contribution in [0.5, 0.6) is 0 Å². The van der Waals surface area contributed by atoms with Crippen LogP contribution >= 0.6 is 11.6 Å². The van der Waals surface area contributed by atoms with Gasteiger partial charge in [-0.25, -0.2) is 28.7 Å². The lowest BCUT2D eigenvalue weighted by Gasteiger charge is -2.08. The number of halogens is 9. The minimum atomic E-state index is -4.61. The molecule has 0 saturated heterocycles. The highest BCUT2D eigenvalue weighted by atomic mass is 35.5. The van der Waals surface area contributed by atoms with Crippen molar-refractivity contribution in [3.8, 4) is 28.6 Å². The Labute approximate surface area is 208 Å². The van der Waals surface area contributed by atoms with Gasteiger partial charge in [0, 0.05) is 23.3 Å². The Bertz CT molecular complexity index is 1460. The Hall–Kier alpha value is -4.18. The third kappa shape index (κ3) is 6.95. The molecule has 0 fully saturated rings. The molecule has 190 valence electrons. The molecule has 0 bridgehead atoms. The molecule has 4 rings (SSSR count). The SMILES string of the molecule is Fc1cc(C(F)(F)F)ccc1-c1cc(Cl)ncn1.N#Cc1cc(-c2ccc(C(F)(F)F)cc2F)ncn1. The van der Waals surface area contributed by atoms with E-state index in [9.17, 15) is 35.1 Å². The highest BCUT2D eigenvalue weighted by molar-refractivity contribution is 6.29. The summed E-state index contributed by atoms with van der Waals surface area (Å²) >= 11 is 5.60. The molecule has 2 aromatic heterocycles. The predicted molar refractivity (Wildman–Crippen MR) is 115 cm³/mol. The minimum Gasteiger partial charge on any atom is -0.236 e. The topological polar surface area (TPSA) is 75.3 Å².